The van der Waals surface area contributed by atoms with E-state index in [0.29, 0.717) is 31.8 Å². The van der Waals surface area contributed by atoms with E-state index in [1.165, 1.54) is 0 Å². The van der Waals surface area contributed by atoms with E-state index < -0.39 is 0 Å². The Kier molecular flexibility index (Phi) is 4.59. The summed E-state index contributed by atoms with van der Waals surface area (Å²) in [4.78, 5) is 29.8. The van der Waals surface area contributed by atoms with Gasteiger partial charge in [-0.3, -0.25) is 14.7 Å². The Bertz CT molecular complexity index is 730. The standard InChI is InChI=1S/C17H21N5O2/c1-11-18-16(21-20-11)13-3-5-15(6-4-13)19-17(24)14-7-9-22(10-8-14)12(2)23/h3-6,14H,7-10H2,1-2H3,(H,19,24)(H,18,20,21). The maximum absolute atomic E-state index is 12.4. The summed E-state index contributed by atoms with van der Waals surface area (Å²) in [5, 5.41) is 9.87. The van der Waals surface area contributed by atoms with Crippen LogP contribution in [0, 0.1) is 12.8 Å². The third-order valence-electron chi connectivity index (χ3n) is 4.32. The van der Waals surface area contributed by atoms with Gasteiger partial charge in [0, 0.05) is 37.2 Å². The molecule has 0 radical (unpaired) electrons. The molecule has 0 saturated carbocycles. The zero-order valence-corrected chi connectivity index (χ0v) is 13.9. The van der Waals surface area contributed by atoms with Crippen molar-refractivity contribution < 1.29 is 9.59 Å². The number of amides is 2. The second kappa shape index (κ2) is 6.82. The fraction of sp³-hybridized carbons (Fsp3) is 0.412. The van der Waals surface area contributed by atoms with Gasteiger partial charge in [0.2, 0.25) is 11.8 Å². The number of anilines is 1. The predicted octanol–water partition coefficient (Wildman–Crippen LogP) is 1.98. The molecular weight excluding hydrogens is 306 g/mol. The summed E-state index contributed by atoms with van der Waals surface area (Å²) in [6.45, 7) is 4.72. The van der Waals surface area contributed by atoms with Gasteiger partial charge in [0.1, 0.15) is 5.82 Å². The van der Waals surface area contributed by atoms with Crippen LogP contribution in [0.4, 0.5) is 5.69 Å². The highest BCUT2D eigenvalue weighted by Gasteiger charge is 2.25. The van der Waals surface area contributed by atoms with Crippen LogP contribution < -0.4 is 5.32 Å². The Morgan fingerprint density at radius 3 is 2.42 bits per heavy atom. The zero-order valence-electron chi connectivity index (χ0n) is 13.9. The van der Waals surface area contributed by atoms with E-state index in [4.69, 9.17) is 0 Å². The molecule has 7 heteroatoms. The number of aromatic nitrogens is 3. The highest BCUT2D eigenvalue weighted by Crippen LogP contribution is 2.21. The lowest BCUT2D eigenvalue weighted by Crippen LogP contribution is -2.40. The molecule has 1 aromatic heterocycles. The molecule has 1 aromatic carbocycles. The summed E-state index contributed by atoms with van der Waals surface area (Å²) in [6, 6.07) is 7.47. The van der Waals surface area contributed by atoms with Crippen molar-refractivity contribution in [1.29, 1.82) is 0 Å². The lowest BCUT2D eigenvalue weighted by atomic mass is 9.96. The molecule has 0 atom stereocenters. The molecule has 2 N–H and O–H groups in total. The van der Waals surface area contributed by atoms with E-state index >= 15 is 0 Å². The molecule has 2 amide bonds. The fourth-order valence-electron chi connectivity index (χ4n) is 2.88. The van der Waals surface area contributed by atoms with Gasteiger partial charge in [0.25, 0.3) is 0 Å². The maximum Gasteiger partial charge on any atom is 0.227 e. The molecule has 0 unspecified atom stereocenters. The van der Waals surface area contributed by atoms with Crippen LogP contribution in [-0.2, 0) is 9.59 Å². The third kappa shape index (κ3) is 3.61. The molecule has 2 heterocycles. The smallest absolute Gasteiger partial charge is 0.227 e. The van der Waals surface area contributed by atoms with E-state index in [1.807, 2.05) is 31.2 Å². The fourth-order valence-corrected chi connectivity index (χ4v) is 2.88. The van der Waals surface area contributed by atoms with E-state index in [-0.39, 0.29) is 17.7 Å². The molecule has 126 valence electrons. The molecule has 7 nitrogen and oxygen atoms in total. The van der Waals surface area contributed by atoms with Crippen LogP contribution in [-0.4, -0.2) is 45.0 Å². The number of likely N-dealkylation sites (tertiary alicyclic amines) is 1. The van der Waals surface area contributed by atoms with Gasteiger partial charge in [-0.1, -0.05) is 0 Å². The molecule has 1 aliphatic heterocycles. The third-order valence-corrected chi connectivity index (χ3v) is 4.32. The lowest BCUT2D eigenvalue weighted by Gasteiger charge is -2.30. The molecule has 1 fully saturated rings. The number of H-pyrrole nitrogens is 1. The Labute approximate surface area is 140 Å². The molecule has 3 rings (SSSR count). The number of hydrogen-bond donors (Lipinski definition) is 2. The van der Waals surface area contributed by atoms with E-state index in [2.05, 4.69) is 20.5 Å². The van der Waals surface area contributed by atoms with Crippen LogP contribution in [0.5, 0.6) is 0 Å². The number of aryl methyl sites for hydroxylation is 1. The van der Waals surface area contributed by atoms with Crippen molar-refractivity contribution in [3.8, 4) is 11.4 Å². The molecule has 2 aromatic rings. The SMILES string of the molecule is CC(=O)N1CCC(C(=O)Nc2ccc(-c3n[nH]c(C)n3)cc2)CC1. The van der Waals surface area contributed by atoms with Gasteiger partial charge in [-0.15, -0.1) is 0 Å². The van der Waals surface area contributed by atoms with Gasteiger partial charge >= 0.3 is 0 Å². The molecule has 0 aliphatic carbocycles. The number of nitrogens with one attached hydrogen (secondary N) is 2. The number of nitrogens with zero attached hydrogens (tertiary/aromatic N) is 3. The van der Waals surface area contributed by atoms with Gasteiger partial charge in [-0.05, 0) is 44.0 Å². The minimum atomic E-state index is -0.0454. The monoisotopic (exact) mass is 327 g/mol. The summed E-state index contributed by atoms with van der Waals surface area (Å²) in [5.74, 6) is 1.45. The first-order valence-corrected chi connectivity index (χ1v) is 8.09. The van der Waals surface area contributed by atoms with Crippen molar-refractivity contribution in [1.82, 2.24) is 20.1 Å². The van der Waals surface area contributed by atoms with Crippen molar-refractivity contribution in [2.45, 2.75) is 26.7 Å². The Morgan fingerprint density at radius 2 is 1.88 bits per heavy atom. The van der Waals surface area contributed by atoms with Crippen molar-refractivity contribution in [3.63, 3.8) is 0 Å². The largest absolute Gasteiger partial charge is 0.343 e. The number of rotatable bonds is 3. The zero-order chi connectivity index (χ0) is 17.1. The van der Waals surface area contributed by atoms with Crippen molar-refractivity contribution >= 4 is 17.5 Å². The Hall–Kier alpha value is -2.70. The average Bonchev–Trinajstić information content (AvgIpc) is 3.02. The number of carbonyl (C=O) groups is 2. The lowest BCUT2D eigenvalue weighted by molar-refractivity contribution is -0.132. The van der Waals surface area contributed by atoms with E-state index in [1.54, 1.807) is 11.8 Å². The first kappa shape index (κ1) is 16.2. The summed E-state index contributed by atoms with van der Waals surface area (Å²) in [5.41, 5.74) is 1.65. The Morgan fingerprint density at radius 1 is 1.21 bits per heavy atom. The second-order valence-electron chi connectivity index (χ2n) is 6.09. The summed E-state index contributed by atoms with van der Waals surface area (Å²) in [6.07, 6.45) is 1.42. The molecular formula is C17H21N5O2. The van der Waals surface area contributed by atoms with E-state index in [0.717, 1.165) is 17.1 Å². The normalized spacial score (nSPS) is 15.3. The van der Waals surface area contributed by atoms with Gasteiger partial charge < -0.3 is 10.2 Å². The first-order chi connectivity index (χ1) is 11.5. The van der Waals surface area contributed by atoms with Crippen molar-refractivity contribution in [2.24, 2.45) is 5.92 Å². The molecule has 1 aliphatic rings. The van der Waals surface area contributed by atoms with Crippen LogP contribution in [0.1, 0.15) is 25.6 Å². The molecule has 0 spiro atoms. The van der Waals surface area contributed by atoms with Gasteiger partial charge in [0.05, 0.1) is 0 Å². The number of carbonyl (C=O) groups excluding carboxylic acids is 2. The number of benzene rings is 1. The number of hydrogen-bond acceptors (Lipinski definition) is 4. The first-order valence-electron chi connectivity index (χ1n) is 8.09. The van der Waals surface area contributed by atoms with Gasteiger partial charge in [-0.2, -0.15) is 5.10 Å². The topological polar surface area (TPSA) is 91.0 Å². The number of aromatic amines is 1. The summed E-state index contributed by atoms with van der Waals surface area (Å²) in [7, 11) is 0. The molecule has 0 bridgehead atoms. The minimum absolute atomic E-state index is 0.0136. The van der Waals surface area contributed by atoms with E-state index in [9.17, 15) is 9.59 Å². The van der Waals surface area contributed by atoms with Crippen LogP contribution >= 0.6 is 0 Å². The average molecular weight is 327 g/mol. The van der Waals surface area contributed by atoms with Gasteiger partial charge in [0.15, 0.2) is 5.82 Å². The van der Waals surface area contributed by atoms with Crippen LogP contribution in [0.3, 0.4) is 0 Å². The predicted molar refractivity (Wildman–Crippen MR) is 90.2 cm³/mol. The summed E-state index contributed by atoms with van der Waals surface area (Å²) < 4.78 is 0. The number of piperidine rings is 1. The highest BCUT2D eigenvalue weighted by atomic mass is 16.2. The van der Waals surface area contributed by atoms with Crippen molar-refractivity contribution in [2.75, 3.05) is 18.4 Å². The van der Waals surface area contributed by atoms with Crippen LogP contribution in [0.25, 0.3) is 11.4 Å². The van der Waals surface area contributed by atoms with Gasteiger partial charge in [-0.25, -0.2) is 4.98 Å². The highest BCUT2D eigenvalue weighted by molar-refractivity contribution is 5.93. The van der Waals surface area contributed by atoms with Crippen molar-refractivity contribution in [3.05, 3.63) is 30.1 Å². The summed E-state index contributed by atoms with van der Waals surface area (Å²) >= 11 is 0. The molecule has 24 heavy (non-hydrogen) atoms. The quantitative estimate of drug-likeness (QED) is 0.902. The Balaban J connectivity index is 1.58. The maximum atomic E-state index is 12.4. The minimum Gasteiger partial charge on any atom is -0.343 e. The van der Waals surface area contributed by atoms with Crippen LogP contribution in [0.2, 0.25) is 0 Å². The molecule has 1 saturated heterocycles. The second-order valence-corrected chi connectivity index (χ2v) is 6.09. The van der Waals surface area contributed by atoms with Crippen LogP contribution in [0.15, 0.2) is 24.3 Å².